The molecule has 0 N–H and O–H groups in total. The van der Waals surface area contributed by atoms with Crippen LogP contribution in [0.15, 0.2) is 86.5 Å². The Labute approximate surface area is 167 Å². The number of aromatic nitrogens is 2. The van der Waals surface area contributed by atoms with Crippen LogP contribution >= 0.6 is 31.9 Å². The van der Waals surface area contributed by atoms with Crippen LogP contribution in [0.4, 0.5) is 0 Å². The highest BCUT2D eigenvalue weighted by Gasteiger charge is 2.15. The smallest absolute Gasteiger partial charge is 0.266 e. The zero-order valence-electron chi connectivity index (χ0n) is 13.7. The molecule has 0 spiro atoms. The number of benzene rings is 3. The maximum atomic E-state index is 13.3. The molecular formula is C21H14Br2N2O. The molecular weight excluding hydrogens is 456 g/mol. The van der Waals surface area contributed by atoms with E-state index in [1.54, 1.807) is 4.57 Å². The Morgan fingerprint density at radius 3 is 2.42 bits per heavy atom. The molecule has 0 atom stereocenters. The summed E-state index contributed by atoms with van der Waals surface area (Å²) in [4.78, 5) is 18.1. The Bertz CT molecular complexity index is 1150. The quantitative estimate of drug-likeness (QED) is 0.397. The number of fused-ring (bicyclic) bond motifs is 1. The van der Waals surface area contributed by atoms with Crippen molar-refractivity contribution in [1.82, 2.24) is 9.55 Å². The van der Waals surface area contributed by atoms with E-state index in [1.165, 1.54) is 0 Å². The number of para-hydroxylation sites is 1. The van der Waals surface area contributed by atoms with Crippen molar-refractivity contribution in [3.8, 4) is 5.69 Å². The number of hydrogen-bond acceptors (Lipinski definition) is 2. The first-order valence-corrected chi connectivity index (χ1v) is 9.72. The lowest BCUT2D eigenvalue weighted by atomic mass is 10.1. The topological polar surface area (TPSA) is 34.9 Å². The summed E-state index contributed by atoms with van der Waals surface area (Å²) in [5.74, 6) is 0.707. The highest BCUT2D eigenvalue weighted by Crippen LogP contribution is 2.26. The van der Waals surface area contributed by atoms with Crippen LogP contribution in [-0.4, -0.2) is 9.55 Å². The second-order valence-corrected chi connectivity index (χ2v) is 7.71. The lowest BCUT2D eigenvalue weighted by Gasteiger charge is -2.15. The van der Waals surface area contributed by atoms with Gasteiger partial charge in [-0.1, -0.05) is 58.4 Å². The van der Waals surface area contributed by atoms with Gasteiger partial charge in [0.15, 0.2) is 0 Å². The number of hydrogen-bond donors (Lipinski definition) is 0. The second-order valence-electron chi connectivity index (χ2n) is 5.94. The van der Waals surface area contributed by atoms with E-state index in [4.69, 9.17) is 4.98 Å². The molecule has 1 heterocycles. The van der Waals surface area contributed by atoms with Gasteiger partial charge in [0.1, 0.15) is 5.82 Å². The van der Waals surface area contributed by atoms with E-state index in [9.17, 15) is 4.79 Å². The Morgan fingerprint density at radius 1 is 0.885 bits per heavy atom. The zero-order chi connectivity index (χ0) is 18.1. The minimum atomic E-state index is -0.0691. The normalized spacial score (nSPS) is 11.0. The monoisotopic (exact) mass is 468 g/mol. The summed E-state index contributed by atoms with van der Waals surface area (Å²) in [5, 5.41) is 0.608. The van der Waals surface area contributed by atoms with Crippen molar-refractivity contribution >= 4 is 42.8 Å². The highest BCUT2D eigenvalue weighted by molar-refractivity contribution is 9.11. The molecule has 0 unspecified atom stereocenters. The summed E-state index contributed by atoms with van der Waals surface area (Å²) >= 11 is 7.08. The lowest BCUT2D eigenvalue weighted by Crippen LogP contribution is -2.24. The van der Waals surface area contributed by atoms with Crippen LogP contribution in [0.1, 0.15) is 11.4 Å². The maximum absolute atomic E-state index is 13.3. The van der Waals surface area contributed by atoms with Gasteiger partial charge < -0.3 is 0 Å². The van der Waals surface area contributed by atoms with E-state index in [1.807, 2.05) is 72.8 Å². The Hall–Kier alpha value is -2.24. The van der Waals surface area contributed by atoms with Crippen LogP contribution in [0.25, 0.3) is 16.6 Å². The minimum absolute atomic E-state index is 0.0691. The van der Waals surface area contributed by atoms with Crippen LogP contribution in [0.3, 0.4) is 0 Å². The van der Waals surface area contributed by atoms with Gasteiger partial charge in [-0.05, 0) is 51.8 Å². The van der Waals surface area contributed by atoms with Crippen molar-refractivity contribution in [3.05, 3.63) is 103 Å². The van der Waals surface area contributed by atoms with Gasteiger partial charge in [-0.3, -0.25) is 9.36 Å². The molecule has 3 nitrogen and oxygen atoms in total. The van der Waals surface area contributed by atoms with Crippen molar-refractivity contribution in [3.63, 3.8) is 0 Å². The molecule has 128 valence electrons. The molecule has 4 rings (SSSR count). The third kappa shape index (κ3) is 3.24. The van der Waals surface area contributed by atoms with Gasteiger partial charge in [0.05, 0.1) is 16.6 Å². The van der Waals surface area contributed by atoms with Crippen molar-refractivity contribution in [2.24, 2.45) is 0 Å². The van der Waals surface area contributed by atoms with E-state index in [-0.39, 0.29) is 5.56 Å². The molecule has 0 aliphatic carbocycles. The molecule has 0 amide bonds. The summed E-state index contributed by atoms with van der Waals surface area (Å²) in [5.41, 5.74) is 2.52. The molecule has 0 bridgehead atoms. The number of nitrogens with zero attached hydrogens (tertiary/aromatic N) is 2. The molecule has 5 heteroatoms. The molecule has 0 aliphatic heterocycles. The van der Waals surface area contributed by atoms with E-state index in [0.717, 1.165) is 20.2 Å². The summed E-state index contributed by atoms with van der Waals surface area (Å²) in [7, 11) is 0. The summed E-state index contributed by atoms with van der Waals surface area (Å²) in [6, 6.07) is 23.3. The van der Waals surface area contributed by atoms with E-state index < -0.39 is 0 Å². The maximum Gasteiger partial charge on any atom is 0.266 e. The molecule has 1 aromatic heterocycles. The van der Waals surface area contributed by atoms with Crippen LogP contribution in [0, 0.1) is 0 Å². The minimum Gasteiger partial charge on any atom is -0.268 e. The van der Waals surface area contributed by atoms with Gasteiger partial charge in [-0.2, -0.15) is 0 Å². The molecule has 0 saturated heterocycles. The Morgan fingerprint density at radius 2 is 1.62 bits per heavy atom. The van der Waals surface area contributed by atoms with Crippen molar-refractivity contribution < 1.29 is 0 Å². The molecule has 0 saturated carbocycles. The van der Waals surface area contributed by atoms with Gasteiger partial charge in [0, 0.05) is 15.4 Å². The second kappa shape index (κ2) is 7.17. The van der Waals surface area contributed by atoms with Crippen molar-refractivity contribution in [1.29, 1.82) is 0 Å². The van der Waals surface area contributed by atoms with E-state index >= 15 is 0 Å². The van der Waals surface area contributed by atoms with Gasteiger partial charge in [-0.25, -0.2) is 4.98 Å². The molecule has 0 fully saturated rings. The highest BCUT2D eigenvalue weighted by atomic mass is 79.9. The standard InChI is InChI=1S/C21H14Br2N2O/c22-15-10-11-17(23)19(13-15)25-20(12-14-6-2-1-3-7-14)24-18-9-5-4-8-16(18)21(25)26/h1-11,13H,12H2. The van der Waals surface area contributed by atoms with Gasteiger partial charge in [0.25, 0.3) is 5.56 Å². The molecule has 0 aliphatic rings. The number of rotatable bonds is 3. The SMILES string of the molecule is O=c1c2ccccc2nc(Cc2ccccc2)n1-c1cc(Br)ccc1Br. The fourth-order valence-electron chi connectivity index (χ4n) is 2.98. The van der Waals surface area contributed by atoms with Gasteiger partial charge >= 0.3 is 0 Å². The zero-order valence-corrected chi connectivity index (χ0v) is 16.9. The van der Waals surface area contributed by atoms with E-state index in [2.05, 4.69) is 31.9 Å². The summed E-state index contributed by atoms with van der Waals surface area (Å²) in [6.07, 6.45) is 0.569. The predicted molar refractivity (Wildman–Crippen MR) is 112 cm³/mol. The van der Waals surface area contributed by atoms with Gasteiger partial charge in [-0.15, -0.1) is 0 Å². The van der Waals surface area contributed by atoms with Crippen molar-refractivity contribution in [2.75, 3.05) is 0 Å². The predicted octanol–water partition coefficient (Wildman–Crippen LogP) is 5.50. The third-order valence-electron chi connectivity index (χ3n) is 4.20. The first kappa shape index (κ1) is 17.2. The fourth-order valence-corrected chi connectivity index (χ4v) is 3.75. The van der Waals surface area contributed by atoms with Gasteiger partial charge in [0.2, 0.25) is 0 Å². The van der Waals surface area contributed by atoms with Crippen LogP contribution in [-0.2, 0) is 6.42 Å². The van der Waals surface area contributed by atoms with Crippen molar-refractivity contribution in [2.45, 2.75) is 6.42 Å². The molecule has 4 aromatic rings. The number of halogens is 2. The Balaban J connectivity index is 2.02. The first-order valence-electron chi connectivity index (χ1n) is 8.13. The van der Waals surface area contributed by atoms with Crippen LogP contribution < -0.4 is 5.56 Å². The average Bonchev–Trinajstić information content (AvgIpc) is 2.65. The largest absolute Gasteiger partial charge is 0.268 e. The molecule has 3 aromatic carbocycles. The third-order valence-corrected chi connectivity index (χ3v) is 5.36. The average molecular weight is 470 g/mol. The first-order chi connectivity index (χ1) is 12.6. The molecule has 26 heavy (non-hydrogen) atoms. The van der Waals surface area contributed by atoms with Crippen LogP contribution in [0.5, 0.6) is 0 Å². The van der Waals surface area contributed by atoms with Crippen LogP contribution in [0.2, 0.25) is 0 Å². The fraction of sp³-hybridized carbons (Fsp3) is 0.0476. The lowest BCUT2D eigenvalue weighted by molar-refractivity contribution is 0.846. The summed E-state index contributed by atoms with van der Waals surface area (Å²) < 4.78 is 3.44. The summed E-state index contributed by atoms with van der Waals surface area (Å²) in [6.45, 7) is 0. The Kier molecular flexibility index (Phi) is 4.74. The molecule has 0 radical (unpaired) electrons. The van der Waals surface area contributed by atoms with E-state index in [0.29, 0.717) is 23.1 Å².